The average Bonchev–Trinajstić information content (AvgIpc) is 3.90. The molecular formula is C46H50ClN7O6. The summed E-state index contributed by atoms with van der Waals surface area (Å²) in [6, 6.07) is 20.2. The molecule has 5 amide bonds. The van der Waals surface area contributed by atoms with Gasteiger partial charge in [-0.1, -0.05) is 39.3 Å². The van der Waals surface area contributed by atoms with Crippen LogP contribution < -0.4 is 25.2 Å². The van der Waals surface area contributed by atoms with Crippen LogP contribution in [0.15, 0.2) is 60.7 Å². The van der Waals surface area contributed by atoms with Crippen LogP contribution in [0.4, 0.5) is 11.4 Å². The van der Waals surface area contributed by atoms with Gasteiger partial charge < -0.3 is 19.9 Å². The van der Waals surface area contributed by atoms with Gasteiger partial charge in [0.25, 0.3) is 17.7 Å². The fourth-order valence-corrected chi connectivity index (χ4v) is 11.5. The van der Waals surface area contributed by atoms with Crippen LogP contribution in [-0.2, 0) is 9.59 Å². The maximum atomic E-state index is 13.5. The Kier molecular flexibility index (Phi) is 9.94. The van der Waals surface area contributed by atoms with Gasteiger partial charge in [0.05, 0.1) is 21.7 Å². The lowest BCUT2D eigenvalue weighted by Gasteiger charge is -2.63. The number of hydrogen-bond donors (Lipinski definition) is 2. The molecule has 60 heavy (non-hydrogen) atoms. The van der Waals surface area contributed by atoms with Gasteiger partial charge in [-0.3, -0.25) is 39.1 Å². The van der Waals surface area contributed by atoms with Gasteiger partial charge in [-0.25, -0.2) is 0 Å². The van der Waals surface area contributed by atoms with Crippen molar-refractivity contribution in [2.45, 2.75) is 90.1 Å². The normalized spacial score (nSPS) is 27.1. The zero-order valence-electron chi connectivity index (χ0n) is 34.4. The van der Waals surface area contributed by atoms with E-state index in [0.29, 0.717) is 51.0 Å². The Morgan fingerprint density at radius 2 is 1.58 bits per heavy atom. The number of nitriles is 1. The second-order valence-corrected chi connectivity index (χ2v) is 19.0. The molecule has 1 aliphatic carbocycles. The van der Waals surface area contributed by atoms with Crippen LogP contribution in [0.5, 0.6) is 5.75 Å². The highest BCUT2D eigenvalue weighted by Crippen LogP contribution is 2.55. The molecule has 9 rings (SSSR count). The van der Waals surface area contributed by atoms with Crippen molar-refractivity contribution in [2.24, 2.45) is 16.7 Å². The number of rotatable bonds is 9. The summed E-state index contributed by atoms with van der Waals surface area (Å²) in [4.78, 5) is 72.7. The van der Waals surface area contributed by atoms with Crippen molar-refractivity contribution >= 4 is 52.5 Å². The van der Waals surface area contributed by atoms with Gasteiger partial charge in [0.15, 0.2) is 0 Å². The van der Waals surface area contributed by atoms with Gasteiger partial charge in [0.1, 0.15) is 24.0 Å². The third-order valence-electron chi connectivity index (χ3n) is 14.1. The summed E-state index contributed by atoms with van der Waals surface area (Å²) in [6.45, 7) is 13.2. The predicted molar refractivity (Wildman–Crippen MR) is 225 cm³/mol. The number of fused-ring (bicyclic) bond motifs is 3. The number of piperazine rings is 1. The van der Waals surface area contributed by atoms with Crippen LogP contribution in [0, 0.1) is 28.1 Å². The lowest BCUT2D eigenvalue weighted by molar-refractivity contribution is -0.164. The Morgan fingerprint density at radius 1 is 0.883 bits per heavy atom. The first kappa shape index (κ1) is 40.0. The van der Waals surface area contributed by atoms with E-state index in [1.165, 1.54) is 0 Å². The molecule has 13 nitrogen and oxygen atoms in total. The summed E-state index contributed by atoms with van der Waals surface area (Å²) in [6.07, 6.45) is 3.29. The van der Waals surface area contributed by atoms with Crippen LogP contribution in [0.2, 0.25) is 5.02 Å². The zero-order valence-corrected chi connectivity index (χ0v) is 35.1. The highest BCUT2D eigenvalue weighted by Gasteiger charge is 2.64. The van der Waals surface area contributed by atoms with Gasteiger partial charge in [0.2, 0.25) is 11.8 Å². The fourth-order valence-electron chi connectivity index (χ4n) is 11.3. The molecular weight excluding hydrogens is 782 g/mol. The predicted octanol–water partition coefficient (Wildman–Crippen LogP) is 5.40. The zero-order chi connectivity index (χ0) is 42.2. The molecule has 5 fully saturated rings. The highest BCUT2D eigenvalue weighted by molar-refractivity contribution is 6.31. The van der Waals surface area contributed by atoms with Crippen molar-refractivity contribution in [1.29, 1.82) is 5.26 Å². The number of piperidine rings is 2. The van der Waals surface area contributed by atoms with Gasteiger partial charge >= 0.3 is 0 Å². The monoisotopic (exact) mass is 831 g/mol. The number of anilines is 2. The molecule has 5 heterocycles. The number of amides is 5. The van der Waals surface area contributed by atoms with E-state index in [9.17, 15) is 29.2 Å². The number of carbonyl (C=O) groups excluding carboxylic acids is 5. The van der Waals surface area contributed by atoms with Crippen molar-refractivity contribution in [2.75, 3.05) is 42.5 Å². The Labute approximate surface area is 354 Å². The Hall–Kier alpha value is -5.45. The molecule has 0 aromatic heterocycles. The average molecular weight is 832 g/mol. The van der Waals surface area contributed by atoms with E-state index in [1.807, 2.05) is 18.2 Å². The number of likely N-dealkylation sites (tertiary alicyclic amines) is 1. The number of nitrogens with zero attached hydrogens (tertiary/aromatic N) is 5. The lowest BCUT2D eigenvalue weighted by Crippen LogP contribution is -2.74. The van der Waals surface area contributed by atoms with Crippen LogP contribution >= 0.6 is 11.6 Å². The largest absolute Gasteiger partial charge is 0.489 e. The molecule has 3 aromatic rings. The fraction of sp³-hybridized carbons (Fsp3) is 0.478. The minimum absolute atomic E-state index is 0.0932. The number of ether oxygens (including phenoxy) is 1. The summed E-state index contributed by atoms with van der Waals surface area (Å²) in [5, 5.41) is 15.1. The summed E-state index contributed by atoms with van der Waals surface area (Å²) >= 11 is 6.26. The summed E-state index contributed by atoms with van der Waals surface area (Å²) in [5.74, 6) is -0.867. The van der Waals surface area contributed by atoms with E-state index in [0.717, 1.165) is 68.3 Å². The number of imide groups is 2. The molecule has 312 valence electrons. The maximum Gasteiger partial charge on any atom is 0.262 e. The number of hydrogen-bond acceptors (Lipinski definition) is 10. The second-order valence-electron chi connectivity index (χ2n) is 18.6. The van der Waals surface area contributed by atoms with Crippen LogP contribution in [-0.4, -0.2) is 102 Å². The van der Waals surface area contributed by atoms with Crippen LogP contribution in [0.3, 0.4) is 0 Å². The molecule has 5 aliphatic heterocycles. The van der Waals surface area contributed by atoms with E-state index in [2.05, 4.69) is 71.2 Å². The summed E-state index contributed by atoms with van der Waals surface area (Å²) in [7, 11) is 0. The maximum absolute atomic E-state index is 13.5. The van der Waals surface area contributed by atoms with Gasteiger partial charge in [-0.15, -0.1) is 0 Å². The third kappa shape index (κ3) is 6.78. The van der Waals surface area contributed by atoms with E-state index in [1.54, 1.807) is 30.3 Å². The topological polar surface area (TPSA) is 155 Å². The molecule has 2 N–H and O–H groups in total. The molecule has 1 unspecified atom stereocenters. The molecule has 0 spiro atoms. The van der Waals surface area contributed by atoms with Crippen LogP contribution in [0.1, 0.15) is 96.4 Å². The number of benzene rings is 3. The van der Waals surface area contributed by atoms with E-state index in [-0.39, 0.29) is 47.6 Å². The lowest BCUT2D eigenvalue weighted by atomic mass is 9.49. The Balaban J connectivity index is 0.747. The molecule has 14 heteroatoms. The standard InChI is InChI=1S/C46H50ClN7O6/c1-45(2)43(46(3,4)44(45)60-33-11-7-28(22-48)36(47)21-33)50-39(56)27-5-8-29(9-6-27)51-17-15-26(16-18-51)23-52-24-32-19-31(52)25-53(32)30-10-12-34-35(20-30)42(59)54(41(34)58)37-13-14-38(55)49-40(37)57/h5-12,20-21,26,31-32,37,43-44H,13-19,23-25H2,1-4H3,(H,50,56)(H,49,55,57)/t31-,32-,37?,43?,44?/m1/s1. The SMILES string of the molecule is CC1(C)C(NC(=O)c2ccc(N3CCC(CN4C[C@H]5C[C@@H]4CN5c4ccc5c(c4)C(=O)N(C4CCC(=O)NC4=O)C5=O)CC3)cc2)C(C)(C)C1Oc1ccc(C#N)c(Cl)c1. The van der Waals surface area contributed by atoms with E-state index < -0.39 is 23.8 Å². The van der Waals surface area contributed by atoms with Crippen LogP contribution in [0.25, 0.3) is 0 Å². The highest BCUT2D eigenvalue weighted by atomic mass is 35.5. The molecule has 6 aliphatic rings. The quantitative estimate of drug-likeness (QED) is 0.268. The van der Waals surface area contributed by atoms with Crippen molar-refractivity contribution in [3.63, 3.8) is 0 Å². The number of nitrogens with one attached hydrogen (secondary N) is 2. The van der Waals surface area contributed by atoms with Crippen molar-refractivity contribution in [1.82, 2.24) is 20.4 Å². The first-order chi connectivity index (χ1) is 28.6. The Morgan fingerprint density at radius 3 is 2.23 bits per heavy atom. The third-order valence-corrected chi connectivity index (χ3v) is 14.5. The molecule has 0 radical (unpaired) electrons. The first-order valence-electron chi connectivity index (χ1n) is 21.0. The smallest absolute Gasteiger partial charge is 0.262 e. The first-order valence-corrected chi connectivity index (χ1v) is 21.4. The van der Waals surface area contributed by atoms with E-state index in [4.69, 9.17) is 16.3 Å². The minimum Gasteiger partial charge on any atom is -0.489 e. The number of halogens is 1. The molecule has 2 bridgehead atoms. The number of carbonyl (C=O) groups is 5. The van der Waals surface area contributed by atoms with Gasteiger partial charge in [-0.2, -0.15) is 5.26 Å². The van der Waals surface area contributed by atoms with E-state index >= 15 is 0 Å². The Bertz CT molecular complexity index is 2320. The van der Waals surface area contributed by atoms with Gasteiger partial charge in [-0.05, 0) is 86.2 Å². The summed E-state index contributed by atoms with van der Waals surface area (Å²) < 4.78 is 6.39. The van der Waals surface area contributed by atoms with Gasteiger partial charge in [0, 0.05) is 91.1 Å². The summed E-state index contributed by atoms with van der Waals surface area (Å²) in [5.41, 5.74) is 2.98. The molecule has 4 saturated heterocycles. The molecule has 3 aromatic carbocycles. The van der Waals surface area contributed by atoms with Crippen molar-refractivity contribution < 1.29 is 28.7 Å². The van der Waals surface area contributed by atoms with Crippen molar-refractivity contribution in [3.05, 3.63) is 87.9 Å². The molecule has 1 saturated carbocycles. The van der Waals surface area contributed by atoms with Crippen molar-refractivity contribution in [3.8, 4) is 11.8 Å². The molecule has 3 atom stereocenters. The second kappa shape index (κ2) is 14.9. The minimum atomic E-state index is -0.972.